The zero-order valence-corrected chi connectivity index (χ0v) is 14.9. The third kappa shape index (κ3) is 3.21. The molecule has 6 nitrogen and oxygen atoms in total. The van der Waals surface area contributed by atoms with Crippen LogP contribution in [0.3, 0.4) is 0 Å². The number of rotatable bonds is 4. The number of carbonyl (C=O) groups is 1. The first-order valence-electron chi connectivity index (χ1n) is 7.46. The van der Waals surface area contributed by atoms with Crippen molar-refractivity contribution in [1.29, 1.82) is 0 Å². The van der Waals surface area contributed by atoms with Crippen molar-refractivity contribution >= 4 is 40.1 Å². The van der Waals surface area contributed by atoms with Gasteiger partial charge in [-0.15, -0.1) is 11.8 Å². The van der Waals surface area contributed by atoms with Gasteiger partial charge in [-0.05, 0) is 24.5 Å². The number of amides is 1. The van der Waals surface area contributed by atoms with E-state index in [0.717, 1.165) is 32.9 Å². The molecule has 124 valence electrons. The van der Waals surface area contributed by atoms with Gasteiger partial charge in [0.2, 0.25) is 5.91 Å². The molecule has 3 heterocycles. The van der Waals surface area contributed by atoms with Crippen molar-refractivity contribution in [2.75, 3.05) is 30.6 Å². The average molecular weight is 341 g/mol. The molecule has 0 fully saturated rings. The monoisotopic (exact) mass is 341 g/mol. The zero-order valence-electron chi connectivity index (χ0n) is 14.0. The molecule has 0 radical (unpaired) electrons. The molecule has 1 amide bonds. The maximum atomic E-state index is 11.3. The molecule has 0 spiro atoms. The summed E-state index contributed by atoms with van der Waals surface area (Å²) in [5.74, 6) is 0.390. The number of H-pyrrole nitrogens is 1. The summed E-state index contributed by atoms with van der Waals surface area (Å²) in [4.78, 5) is 25.5. The molecule has 0 saturated heterocycles. The van der Waals surface area contributed by atoms with Crippen LogP contribution in [-0.4, -0.2) is 41.2 Å². The van der Waals surface area contributed by atoms with Crippen LogP contribution < -0.4 is 10.2 Å². The van der Waals surface area contributed by atoms with E-state index in [1.54, 1.807) is 18.0 Å². The molecule has 0 aliphatic carbocycles. The summed E-state index contributed by atoms with van der Waals surface area (Å²) >= 11 is 1.61. The molecule has 7 heteroatoms. The van der Waals surface area contributed by atoms with Crippen LogP contribution in [0.15, 0.2) is 35.6 Å². The fourth-order valence-corrected chi connectivity index (χ4v) is 2.90. The van der Waals surface area contributed by atoms with Crippen molar-refractivity contribution in [1.82, 2.24) is 15.0 Å². The summed E-state index contributed by atoms with van der Waals surface area (Å²) in [6, 6.07) is 5.99. The summed E-state index contributed by atoms with van der Waals surface area (Å²) in [6.45, 7) is 1.47. The van der Waals surface area contributed by atoms with Crippen LogP contribution in [0.2, 0.25) is 0 Å². The highest BCUT2D eigenvalue weighted by atomic mass is 32.2. The van der Waals surface area contributed by atoms with E-state index in [0.29, 0.717) is 5.82 Å². The molecule has 2 N–H and O–H groups in total. The number of hydrogen-bond acceptors (Lipinski definition) is 5. The largest absolute Gasteiger partial charge is 0.378 e. The summed E-state index contributed by atoms with van der Waals surface area (Å²) in [5.41, 5.74) is 3.87. The van der Waals surface area contributed by atoms with Crippen LogP contribution in [-0.2, 0) is 4.79 Å². The number of carbonyl (C=O) groups excluding carboxylic acids is 1. The Labute approximate surface area is 144 Å². The van der Waals surface area contributed by atoms with E-state index >= 15 is 0 Å². The first-order chi connectivity index (χ1) is 11.5. The van der Waals surface area contributed by atoms with E-state index in [9.17, 15) is 4.79 Å². The Hall–Kier alpha value is -2.54. The maximum absolute atomic E-state index is 11.3. The van der Waals surface area contributed by atoms with E-state index < -0.39 is 0 Å². The van der Waals surface area contributed by atoms with Crippen molar-refractivity contribution in [3.63, 3.8) is 0 Å². The lowest BCUT2D eigenvalue weighted by Crippen LogP contribution is -2.09. The summed E-state index contributed by atoms with van der Waals surface area (Å²) in [6.07, 6.45) is 5.66. The van der Waals surface area contributed by atoms with Crippen molar-refractivity contribution in [2.24, 2.45) is 0 Å². The molecule has 0 aliphatic rings. The average Bonchev–Trinajstić information content (AvgIpc) is 2.97. The van der Waals surface area contributed by atoms with E-state index in [1.807, 2.05) is 32.6 Å². The number of nitrogens with one attached hydrogen (secondary N) is 2. The predicted molar refractivity (Wildman–Crippen MR) is 99.7 cm³/mol. The predicted octanol–water partition coefficient (Wildman–Crippen LogP) is 3.37. The second-order valence-electron chi connectivity index (χ2n) is 5.65. The number of fused-ring (bicyclic) bond motifs is 1. The topological polar surface area (TPSA) is 73.9 Å². The lowest BCUT2D eigenvalue weighted by atomic mass is 10.1. The fraction of sp³-hybridized carbons (Fsp3) is 0.235. The molecule has 0 aromatic carbocycles. The van der Waals surface area contributed by atoms with E-state index in [4.69, 9.17) is 4.98 Å². The number of hydrogen-bond donors (Lipinski definition) is 2. The Morgan fingerprint density at radius 2 is 2.08 bits per heavy atom. The summed E-state index contributed by atoms with van der Waals surface area (Å²) < 4.78 is 0. The smallest absolute Gasteiger partial charge is 0.222 e. The van der Waals surface area contributed by atoms with Crippen molar-refractivity contribution < 1.29 is 4.79 Å². The molecule has 0 atom stereocenters. The Balaban J connectivity index is 2.15. The third-order valence-corrected chi connectivity index (χ3v) is 4.29. The van der Waals surface area contributed by atoms with Crippen molar-refractivity contribution in [3.8, 4) is 11.3 Å². The van der Waals surface area contributed by atoms with Gasteiger partial charge in [0.25, 0.3) is 0 Å². The van der Waals surface area contributed by atoms with Crippen LogP contribution in [0.1, 0.15) is 6.92 Å². The minimum absolute atomic E-state index is 0.142. The van der Waals surface area contributed by atoms with Gasteiger partial charge < -0.3 is 15.2 Å². The number of aromatic nitrogens is 3. The van der Waals surface area contributed by atoms with Gasteiger partial charge in [-0.25, -0.2) is 9.97 Å². The van der Waals surface area contributed by atoms with E-state index in [1.165, 1.54) is 6.92 Å². The first kappa shape index (κ1) is 16.3. The Morgan fingerprint density at radius 3 is 2.75 bits per heavy atom. The maximum Gasteiger partial charge on any atom is 0.222 e. The van der Waals surface area contributed by atoms with Gasteiger partial charge >= 0.3 is 0 Å². The molecule has 3 aromatic heterocycles. The Kier molecular flexibility index (Phi) is 4.44. The van der Waals surface area contributed by atoms with E-state index in [-0.39, 0.29) is 5.91 Å². The quantitative estimate of drug-likeness (QED) is 0.712. The number of thioether (sulfide) groups is 1. The molecule has 3 aromatic rings. The van der Waals surface area contributed by atoms with Crippen LogP contribution in [0.4, 0.5) is 11.5 Å². The highest BCUT2D eigenvalue weighted by Crippen LogP contribution is 2.32. The number of aromatic amines is 1. The molecule has 0 saturated carbocycles. The highest BCUT2D eigenvalue weighted by Gasteiger charge is 2.12. The van der Waals surface area contributed by atoms with Crippen molar-refractivity contribution in [2.45, 2.75) is 11.9 Å². The van der Waals surface area contributed by atoms with Gasteiger partial charge in [-0.1, -0.05) is 0 Å². The van der Waals surface area contributed by atoms with Gasteiger partial charge in [0.1, 0.15) is 5.82 Å². The summed E-state index contributed by atoms with van der Waals surface area (Å²) in [7, 11) is 4.02. The normalized spacial score (nSPS) is 10.8. The fourth-order valence-electron chi connectivity index (χ4n) is 2.47. The lowest BCUT2D eigenvalue weighted by Gasteiger charge is -2.14. The van der Waals surface area contributed by atoms with E-state index in [2.05, 4.69) is 32.3 Å². The Bertz CT molecular complexity index is 903. The third-order valence-electron chi connectivity index (χ3n) is 3.66. The minimum Gasteiger partial charge on any atom is -0.378 e. The second kappa shape index (κ2) is 6.52. The zero-order chi connectivity index (χ0) is 17.3. The standard InChI is InChI=1S/C17H19N5OS/c1-10(23)20-16-7-12-13(8-18-15(12)9-19-16)14-5-11(22(2)3)6-17(21-14)24-4/h5-9,18H,1-4H3,(H,19,20,23). The summed E-state index contributed by atoms with van der Waals surface area (Å²) in [5, 5.41) is 4.66. The molecule has 0 bridgehead atoms. The molecule has 24 heavy (non-hydrogen) atoms. The molecule has 0 aliphatic heterocycles. The number of nitrogens with zero attached hydrogens (tertiary/aromatic N) is 3. The second-order valence-corrected chi connectivity index (χ2v) is 6.47. The highest BCUT2D eigenvalue weighted by molar-refractivity contribution is 7.98. The van der Waals surface area contributed by atoms with Gasteiger partial charge in [0.05, 0.1) is 22.4 Å². The van der Waals surface area contributed by atoms with Gasteiger partial charge in [-0.3, -0.25) is 4.79 Å². The number of pyridine rings is 2. The first-order valence-corrected chi connectivity index (χ1v) is 8.69. The Morgan fingerprint density at radius 1 is 1.29 bits per heavy atom. The van der Waals surface area contributed by atoms with Gasteiger partial charge in [0, 0.05) is 43.9 Å². The minimum atomic E-state index is -0.142. The molecule has 3 rings (SSSR count). The van der Waals surface area contributed by atoms with Crippen LogP contribution in [0.5, 0.6) is 0 Å². The lowest BCUT2D eigenvalue weighted by molar-refractivity contribution is -0.114. The molecular formula is C17H19N5OS. The molecule has 0 unspecified atom stereocenters. The van der Waals surface area contributed by atoms with Crippen LogP contribution in [0, 0.1) is 0 Å². The van der Waals surface area contributed by atoms with Crippen molar-refractivity contribution in [3.05, 3.63) is 30.6 Å². The van der Waals surface area contributed by atoms with Gasteiger partial charge in [-0.2, -0.15) is 0 Å². The van der Waals surface area contributed by atoms with Gasteiger partial charge in [0.15, 0.2) is 0 Å². The SMILES string of the molecule is CSc1cc(N(C)C)cc(-c2c[nH]c3cnc(NC(C)=O)cc23)n1. The number of anilines is 2. The van der Waals surface area contributed by atoms with Crippen LogP contribution in [0.25, 0.3) is 22.2 Å². The van der Waals surface area contributed by atoms with Crippen LogP contribution >= 0.6 is 11.8 Å². The molecular weight excluding hydrogens is 322 g/mol.